The van der Waals surface area contributed by atoms with Gasteiger partial charge in [-0.15, -0.1) is 11.3 Å². The molecule has 0 fully saturated rings. The van der Waals surface area contributed by atoms with Gasteiger partial charge in [-0.3, -0.25) is 9.12 Å². The third-order valence-electron chi connectivity index (χ3n) is 2.58. The molecule has 0 unspecified atom stereocenters. The van der Waals surface area contributed by atoms with Crippen LogP contribution in [0.3, 0.4) is 0 Å². The number of nitrogens with zero attached hydrogens (tertiary/aromatic N) is 2. The Hall–Kier alpha value is -1.77. The standard InChI is InChI=1S/C11H8ClN3O3S2/c12-9-10(15-5-6-19-11(15)13-9)20(17,18)14-7-3-1-2-4-8(7)16/h1-6,14,16H. The Morgan fingerprint density at radius 1 is 1.35 bits per heavy atom. The zero-order valence-corrected chi connectivity index (χ0v) is 12.2. The summed E-state index contributed by atoms with van der Waals surface area (Å²) in [6, 6.07) is 6.04. The molecule has 0 atom stereocenters. The van der Waals surface area contributed by atoms with Crippen molar-refractivity contribution in [3.05, 3.63) is 41.0 Å². The number of aromatic nitrogens is 2. The summed E-state index contributed by atoms with van der Waals surface area (Å²) < 4.78 is 28.4. The first-order valence-electron chi connectivity index (χ1n) is 5.41. The van der Waals surface area contributed by atoms with Crippen molar-refractivity contribution in [2.45, 2.75) is 5.03 Å². The molecule has 0 radical (unpaired) electrons. The molecule has 20 heavy (non-hydrogen) atoms. The highest BCUT2D eigenvalue weighted by atomic mass is 35.5. The molecular formula is C11H8ClN3O3S2. The summed E-state index contributed by atoms with van der Waals surface area (Å²) in [5.74, 6) is -0.168. The van der Waals surface area contributed by atoms with E-state index in [1.54, 1.807) is 23.7 Å². The van der Waals surface area contributed by atoms with E-state index in [0.717, 1.165) is 0 Å². The summed E-state index contributed by atoms with van der Waals surface area (Å²) in [5, 5.41) is 11.1. The van der Waals surface area contributed by atoms with Gasteiger partial charge in [-0.1, -0.05) is 23.7 Å². The number of nitrogens with one attached hydrogen (secondary N) is 1. The zero-order chi connectivity index (χ0) is 14.3. The fourth-order valence-electron chi connectivity index (χ4n) is 1.73. The Balaban J connectivity index is 2.11. The van der Waals surface area contributed by atoms with Crippen LogP contribution in [-0.2, 0) is 10.0 Å². The van der Waals surface area contributed by atoms with Crippen LogP contribution < -0.4 is 4.72 Å². The largest absolute Gasteiger partial charge is 0.506 e. The quantitative estimate of drug-likeness (QED) is 0.723. The van der Waals surface area contributed by atoms with E-state index in [2.05, 4.69) is 9.71 Å². The molecule has 0 amide bonds. The number of thiazole rings is 1. The molecule has 3 rings (SSSR count). The van der Waals surface area contributed by atoms with Crippen molar-refractivity contribution >= 4 is 43.6 Å². The van der Waals surface area contributed by atoms with E-state index in [1.165, 1.54) is 27.9 Å². The third-order valence-corrected chi connectivity index (χ3v) is 5.10. The SMILES string of the molecule is O=S(=O)(Nc1ccccc1O)c1c(Cl)nc2sccn12. The van der Waals surface area contributed by atoms with Crippen LogP contribution in [-0.4, -0.2) is 22.9 Å². The molecule has 0 aliphatic carbocycles. The van der Waals surface area contributed by atoms with E-state index >= 15 is 0 Å². The van der Waals surface area contributed by atoms with Crippen LogP contribution in [0.15, 0.2) is 40.9 Å². The Morgan fingerprint density at radius 2 is 2.10 bits per heavy atom. The van der Waals surface area contributed by atoms with Crippen LogP contribution in [0.4, 0.5) is 5.69 Å². The molecule has 6 nitrogen and oxygen atoms in total. The number of halogens is 1. The molecule has 2 aromatic heterocycles. The van der Waals surface area contributed by atoms with Crippen molar-refractivity contribution in [1.29, 1.82) is 0 Å². The minimum Gasteiger partial charge on any atom is -0.506 e. The summed E-state index contributed by atoms with van der Waals surface area (Å²) in [6.45, 7) is 0. The number of phenolic OH excluding ortho intramolecular Hbond substituents is 1. The molecule has 2 heterocycles. The maximum atomic E-state index is 12.4. The average molecular weight is 330 g/mol. The number of aromatic hydroxyl groups is 1. The normalized spacial score (nSPS) is 11.8. The number of rotatable bonds is 3. The first kappa shape index (κ1) is 13.2. The third kappa shape index (κ3) is 2.11. The van der Waals surface area contributed by atoms with E-state index in [-0.39, 0.29) is 21.6 Å². The highest BCUT2D eigenvalue weighted by molar-refractivity contribution is 7.92. The Morgan fingerprint density at radius 3 is 2.85 bits per heavy atom. The molecule has 0 aliphatic rings. The molecule has 104 valence electrons. The van der Waals surface area contributed by atoms with Crippen molar-refractivity contribution < 1.29 is 13.5 Å². The zero-order valence-electron chi connectivity index (χ0n) is 9.82. The van der Waals surface area contributed by atoms with E-state index in [0.29, 0.717) is 4.96 Å². The molecular weight excluding hydrogens is 322 g/mol. The maximum Gasteiger partial charge on any atom is 0.281 e. The number of imidazole rings is 1. The lowest BCUT2D eigenvalue weighted by Crippen LogP contribution is -2.15. The van der Waals surface area contributed by atoms with Crippen molar-refractivity contribution in [3.63, 3.8) is 0 Å². The topological polar surface area (TPSA) is 83.7 Å². The van der Waals surface area contributed by atoms with Crippen LogP contribution in [0.25, 0.3) is 4.96 Å². The summed E-state index contributed by atoms with van der Waals surface area (Å²) in [4.78, 5) is 4.45. The van der Waals surface area contributed by atoms with Gasteiger partial charge in [0.2, 0.25) is 0 Å². The van der Waals surface area contributed by atoms with Crippen LogP contribution >= 0.6 is 22.9 Å². The molecule has 0 bridgehead atoms. The van der Waals surface area contributed by atoms with Crippen LogP contribution in [0, 0.1) is 0 Å². The molecule has 0 saturated heterocycles. The highest BCUT2D eigenvalue weighted by Gasteiger charge is 2.25. The second kappa shape index (κ2) is 4.65. The lowest BCUT2D eigenvalue weighted by molar-refractivity contribution is 0.477. The molecule has 0 saturated carbocycles. The van der Waals surface area contributed by atoms with E-state index in [9.17, 15) is 13.5 Å². The predicted molar refractivity (Wildman–Crippen MR) is 77.0 cm³/mol. The summed E-state index contributed by atoms with van der Waals surface area (Å²) in [5.41, 5.74) is 0.0775. The summed E-state index contributed by atoms with van der Waals surface area (Å²) in [6.07, 6.45) is 1.57. The van der Waals surface area contributed by atoms with Gasteiger partial charge in [0.15, 0.2) is 15.1 Å². The van der Waals surface area contributed by atoms with E-state index in [1.807, 2.05) is 0 Å². The molecule has 2 N–H and O–H groups in total. The maximum absolute atomic E-state index is 12.4. The minimum atomic E-state index is -3.95. The monoisotopic (exact) mass is 329 g/mol. The Labute approximate surface area is 123 Å². The van der Waals surface area contributed by atoms with Gasteiger partial charge in [0.25, 0.3) is 10.0 Å². The van der Waals surface area contributed by atoms with Gasteiger partial charge in [0.05, 0.1) is 5.69 Å². The van der Waals surface area contributed by atoms with Gasteiger partial charge in [-0.05, 0) is 12.1 Å². The predicted octanol–water partition coefficient (Wildman–Crippen LogP) is 2.56. The molecule has 0 spiro atoms. The minimum absolute atomic E-state index is 0.0775. The number of phenols is 1. The van der Waals surface area contributed by atoms with Crippen molar-refractivity contribution in [3.8, 4) is 5.75 Å². The van der Waals surface area contributed by atoms with Crippen LogP contribution in [0.2, 0.25) is 5.15 Å². The lowest BCUT2D eigenvalue weighted by atomic mass is 10.3. The van der Waals surface area contributed by atoms with Crippen LogP contribution in [0.5, 0.6) is 5.75 Å². The van der Waals surface area contributed by atoms with Crippen LogP contribution in [0.1, 0.15) is 0 Å². The second-order valence-corrected chi connectivity index (χ2v) is 6.71. The lowest BCUT2D eigenvalue weighted by Gasteiger charge is -2.08. The van der Waals surface area contributed by atoms with E-state index in [4.69, 9.17) is 11.6 Å². The molecule has 0 aliphatic heterocycles. The van der Waals surface area contributed by atoms with Crippen molar-refractivity contribution in [2.75, 3.05) is 4.72 Å². The first-order valence-corrected chi connectivity index (χ1v) is 8.15. The summed E-state index contributed by atoms with van der Waals surface area (Å²) >= 11 is 7.17. The van der Waals surface area contributed by atoms with Gasteiger partial charge in [-0.25, -0.2) is 4.98 Å². The first-order chi connectivity index (χ1) is 9.49. The fourth-order valence-corrected chi connectivity index (χ4v) is 4.26. The summed E-state index contributed by atoms with van der Waals surface area (Å²) in [7, 11) is -3.95. The Bertz CT molecular complexity index is 885. The smallest absolute Gasteiger partial charge is 0.281 e. The average Bonchev–Trinajstić information content (AvgIpc) is 2.91. The number of hydrogen-bond donors (Lipinski definition) is 2. The van der Waals surface area contributed by atoms with E-state index < -0.39 is 10.0 Å². The Kier molecular flexibility index (Phi) is 3.08. The number of hydrogen-bond acceptors (Lipinski definition) is 5. The number of anilines is 1. The number of benzene rings is 1. The fraction of sp³-hybridized carbons (Fsp3) is 0. The van der Waals surface area contributed by atoms with Gasteiger partial charge >= 0.3 is 0 Å². The molecule has 3 aromatic rings. The van der Waals surface area contributed by atoms with Gasteiger partial charge in [-0.2, -0.15) is 8.42 Å². The highest BCUT2D eigenvalue weighted by Crippen LogP contribution is 2.29. The van der Waals surface area contributed by atoms with Gasteiger partial charge < -0.3 is 5.11 Å². The second-order valence-electron chi connectivity index (χ2n) is 3.89. The van der Waals surface area contributed by atoms with Crippen molar-refractivity contribution in [2.24, 2.45) is 0 Å². The number of sulfonamides is 1. The van der Waals surface area contributed by atoms with Gasteiger partial charge in [0, 0.05) is 11.6 Å². The number of fused-ring (bicyclic) bond motifs is 1. The molecule has 1 aromatic carbocycles. The number of para-hydroxylation sites is 2. The molecule has 9 heteroatoms. The van der Waals surface area contributed by atoms with Crippen molar-refractivity contribution in [1.82, 2.24) is 9.38 Å². The van der Waals surface area contributed by atoms with Gasteiger partial charge in [0.1, 0.15) is 5.75 Å².